The highest BCUT2D eigenvalue weighted by Gasteiger charge is 2.08. The Morgan fingerprint density at radius 3 is 3.06 bits per heavy atom. The van der Waals surface area contributed by atoms with Crippen molar-refractivity contribution in [2.45, 2.75) is 6.54 Å². The molecule has 0 saturated carbocycles. The highest BCUT2D eigenvalue weighted by atomic mass is 32.1. The number of hydrogen-bond donors (Lipinski definition) is 2. The third-order valence-corrected chi connectivity index (χ3v) is 2.97. The fourth-order valence-electron chi connectivity index (χ4n) is 1.30. The first kappa shape index (κ1) is 10.7. The molecule has 0 aromatic carbocycles. The summed E-state index contributed by atoms with van der Waals surface area (Å²) in [7, 11) is 1.76. The lowest BCUT2D eigenvalue weighted by Gasteiger charge is -2.03. The van der Waals surface area contributed by atoms with Crippen molar-refractivity contribution in [1.29, 1.82) is 0 Å². The van der Waals surface area contributed by atoms with Crippen LogP contribution in [-0.4, -0.2) is 15.7 Å². The van der Waals surface area contributed by atoms with Gasteiger partial charge in [-0.1, -0.05) is 0 Å². The van der Waals surface area contributed by atoms with E-state index in [1.807, 2.05) is 10.8 Å². The predicted molar refractivity (Wildman–Crippen MR) is 63.1 cm³/mol. The van der Waals surface area contributed by atoms with Crippen molar-refractivity contribution in [3.05, 3.63) is 34.2 Å². The van der Waals surface area contributed by atoms with Gasteiger partial charge in [-0.2, -0.15) is 16.4 Å². The van der Waals surface area contributed by atoms with Crippen LogP contribution >= 0.6 is 11.3 Å². The maximum atomic E-state index is 11.6. The van der Waals surface area contributed by atoms with Crippen LogP contribution in [0.5, 0.6) is 0 Å². The van der Waals surface area contributed by atoms with Crippen molar-refractivity contribution < 1.29 is 4.79 Å². The zero-order chi connectivity index (χ0) is 11.5. The van der Waals surface area contributed by atoms with E-state index in [2.05, 4.69) is 10.4 Å². The molecule has 0 radical (unpaired) electrons. The summed E-state index contributed by atoms with van der Waals surface area (Å²) in [5.74, 6) is 0.482. The fourth-order valence-corrected chi connectivity index (χ4v) is 1.94. The average molecular weight is 236 g/mol. The highest BCUT2D eigenvalue weighted by molar-refractivity contribution is 7.08. The Hall–Kier alpha value is -1.82. The molecule has 0 atom stereocenters. The number of nitrogen functional groups attached to an aromatic ring is 1. The lowest BCUT2D eigenvalue weighted by molar-refractivity contribution is 0.0951. The van der Waals surface area contributed by atoms with E-state index in [4.69, 9.17) is 5.73 Å². The Morgan fingerprint density at radius 1 is 1.69 bits per heavy atom. The van der Waals surface area contributed by atoms with Crippen LogP contribution in [0, 0.1) is 0 Å². The van der Waals surface area contributed by atoms with Crippen LogP contribution in [0.4, 0.5) is 5.82 Å². The molecule has 0 aliphatic heterocycles. The van der Waals surface area contributed by atoms with Crippen LogP contribution in [0.2, 0.25) is 0 Å². The van der Waals surface area contributed by atoms with Crippen molar-refractivity contribution >= 4 is 23.1 Å². The van der Waals surface area contributed by atoms with Crippen molar-refractivity contribution in [3.8, 4) is 0 Å². The number of nitrogens with two attached hydrogens (primary N) is 1. The molecule has 5 nitrogen and oxygen atoms in total. The average Bonchev–Trinajstić information content (AvgIpc) is 2.89. The summed E-state index contributed by atoms with van der Waals surface area (Å²) >= 11 is 1.49. The Labute approximate surface area is 96.9 Å². The van der Waals surface area contributed by atoms with E-state index in [0.717, 1.165) is 5.56 Å². The minimum Gasteiger partial charge on any atom is -0.384 e. The first-order valence-corrected chi connectivity index (χ1v) is 5.69. The SMILES string of the molecule is Cn1ncc(CNC(=O)c2ccsc2)c1N. The number of thiophene rings is 1. The van der Waals surface area contributed by atoms with E-state index < -0.39 is 0 Å². The van der Waals surface area contributed by atoms with Crippen LogP contribution in [0.25, 0.3) is 0 Å². The monoisotopic (exact) mass is 236 g/mol. The van der Waals surface area contributed by atoms with Crippen molar-refractivity contribution in [1.82, 2.24) is 15.1 Å². The van der Waals surface area contributed by atoms with Crippen LogP contribution < -0.4 is 11.1 Å². The number of aryl methyl sites for hydroxylation is 1. The van der Waals surface area contributed by atoms with Gasteiger partial charge in [-0.25, -0.2) is 0 Å². The third kappa shape index (κ3) is 2.06. The number of carbonyl (C=O) groups excluding carboxylic acids is 1. The van der Waals surface area contributed by atoms with Gasteiger partial charge in [0.15, 0.2) is 0 Å². The Bertz CT molecular complexity index is 489. The van der Waals surface area contributed by atoms with Crippen molar-refractivity contribution in [3.63, 3.8) is 0 Å². The normalized spacial score (nSPS) is 10.3. The lowest BCUT2D eigenvalue weighted by Crippen LogP contribution is -2.22. The number of anilines is 1. The molecule has 0 aliphatic carbocycles. The molecule has 2 heterocycles. The summed E-state index contributed by atoms with van der Waals surface area (Å²) in [5, 5.41) is 10.5. The molecule has 0 unspecified atom stereocenters. The van der Waals surface area contributed by atoms with Gasteiger partial charge in [0.2, 0.25) is 0 Å². The van der Waals surface area contributed by atoms with E-state index in [1.165, 1.54) is 11.3 Å². The molecule has 1 amide bonds. The second kappa shape index (κ2) is 4.36. The smallest absolute Gasteiger partial charge is 0.252 e. The highest BCUT2D eigenvalue weighted by Crippen LogP contribution is 2.10. The van der Waals surface area contributed by atoms with Gasteiger partial charge in [0.1, 0.15) is 5.82 Å². The molecule has 0 saturated heterocycles. The maximum absolute atomic E-state index is 11.6. The second-order valence-corrected chi connectivity index (χ2v) is 4.15. The van der Waals surface area contributed by atoms with Gasteiger partial charge < -0.3 is 11.1 Å². The number of nitrogens with one attached hydrogen (secondary N) is 1. The first-order valence-electron chi connectivity index (χ1n) is 4.75. The third-order valence-electron chi connectivity index (χ3n) is 2.29. The first-order chi connectivity index (χ1) is 7.68. The number of aromatic nitrogens is 2. The number of nitrogens with zero attached hydrogens (tertiary/aromatic N) is 2. The van der Waals surface area contributed by atoms with E-state index >= 15 is 0 Å². The zero-order valence-electron chi connectivity index (χ0n) is 8.80. The number of hydrogen-bond acceptors (Lipinski definition) is 4. The van der Waals surface area contributed by atoms with E-state index in [0.29, 0.717) is 17.9 Å². The summed E-state index contributed by atoms with van der Waals surface area (Å²) < 4.78 is 1.58. The molecule has 0 aliphatic rings. The quantitative estimate of drug-likeness (QED) is 0.834. The molecule has 2 aromatic heterocycles. The summed E-state index contributed by atoms with van der Waals surface area (Å²) in [4.78, 5) is 11.6. The maximum Gasteiger partial charge on any atom is 0.252 e. The zero-order valence-corrected chi connectivity index (χ0v) is 9.62. The molecule has 2 aromatic rings. The van der Waals surface area contributed by atoms with Crippen LogP contribution in [0.3, 0.4) is 0 Å². The van der Waals surface area contributed by atoms with Gasteiger partial charge in [-0.3, -0.25) is 9.48 Å². The molecule has 84 valence electrons. The van der Waals surface area contributed by atoms with E-state index in [9.17, 15) is 4.79 Å². The van der Waals surface area contributed by atoms with Crippen LogP contribution in [-0.2, 0) is 13.6 Å². The number of rotatable bonds is 3. The topological polar surface area (TPSA) is 72.9 Å². The molecule has 2 rings (SSSR count). The molecule has 16 heavy (non-hydrogen) atoms. The number of carbonyl (C=O) groups is 1. The van der Waals surface area contributed by atoms with Crippen LogP contribution in [0.15, 0.2) is 23.0 Å². The number of amides is 1. The van der Waals surface area contributed by atoms with E-state index in [1.54, 1.807) is 24.0 Å². The summed E-state index contributed by atoms with van der Waals surface area (Å²) in [6, 6.07) is 1.78. The summed E-state index contributed by atoms with van der Waals surface area (Å²) in [6.07, 6.45) is 1.66. The molecular formula is C10H12N4OS. The Kier molecular flexibility index (Phi) is 2.91. The summed E-state index contributed by atoms with van der Waals surface area (Å²) in [5.41, 5.74) is 7.26. The fraction of sp³-hybridized carbons (Fsp3) is 0.200. The van der Waals surface area contributed by atoms with Gasteiger partial charge >= 0.3 is 0 Å². The standard InChI is InChI=1S/C10H12N4OS/c1-14-9(11)8(5-13-14)4-12-10(15)7-2-3-16-6-7/h2-3,5-6H,4,11H2,1H3,(H,12,15). The van der Waals surface area contributed by atoms with Crippen molar-refractivity contribution in [2.75, 3.05) is 5.73 Å². The Balaban J connectivity index is 1.98. The van der Waals surface area contributed by atoms with Gasteiger partial charge in [0.05, 0.1) is 6.20 Å². The molecule has 6 heteroatoms. The van der Waals surface area contributed by atoms with Gasteiger partial charge in [-0.15, -0.1) is 0 Å². The minimum atomic E-state index is -0.0931. The Morgan fingerprint density at radius 2 is 2.50 bits per heavy atom. The van der Waals surface area contributed by atoms with Gasteiger partial charge in [0, 0.05) is 30.1 Å². The van der Waals surface area contributed by atoms with Gasteiger partial charge in [0.25, 0.3) is 5.91 Å². The second-order valence-electron chi connectivity index (χ2n) is 3.37. The summed E-state index contributed by atoms with van der Waals surface area (Å²) in [6.45, 7) is 0.397. The largest absolute Gasteiger partial charge is 0.384 e. The van der Waals surface area contributed by atoms with Crippen LogP contribution in [0.1, 0.15) is 15.9 Å². The molecule has 3 N–H and O–H groups in total. The van der Waals surface area contributed by atoms with Gasteiger partial charge in [-0.05, 0) is 11.4 Å². The molecule has 0 bridgehead atoms. The lowest BCUT2D eigenvalue weighted by atomic mass is 10.3. The molecule has 0 fully saturated rings. The van der Waals surface area contributed by atoms with Crippen molar-refractivity contribution in [2.24, 2.45) is 7.05 Å². The van der Waals surface area contributed by atoms with E-state index in [-0.39, 0.29) is 5.91 Å². The molecule has 0 spiro atoms. The predicted octanol–water partition coefficient (Wildman–Crippen LogP) is 0.994. The molecular weight excluding hydrogens is 224 g/mol. The minimum absolute atomic E-state index is 0.0931.